The van der Waals surface area contributed by atoms with Gasteiger partial charge in [-0.3, -0.25) is 9.78 Å². The number of H-pyrrole nitrogens is 1. The summed E-state index contributed by atoms with van der Waals surface area (Å²) in [7, 11) is 0. The Balaban J connectivity index is 1.96. The van der Waals surface area contributed by atoms with E-state index in [-0.39, 0.29) is 11.6 Å². The van der Waals surface area contributed by atoms with Crippen LogP contribution in [0.25, 0.3) is 21.8 Å². The van der Waals surface area contributed by atoms with E-state index in [0.29, 0.717) is 5.92 Å². The van der Waals surface area contributed by atoms with Gasteiger partial charge in [0, 0.05) is 20.8 Å². The van der Waals surface area contributed by atoms with Crippen molar-refractivity contribution in [1.29, 1.82) is 0 Å². The van der Waals surface area contributed by atoms with Gasteiger partial charge in [-0.15, -0.1) is 0 Å². The number of carboxylic acid groups (broad SMARTS) is 1. The zero-order chi connectivity index (χ0) is 20.0. The van der Waals surface area contributed by atoms with Crippen molar-refractivity contribution in [1.82, 2.24) is 20.0 Å². The van der Waals surface area contributed by atoms with E-state index in [2.05, 4.69) is 46.0 Å². The molecule has 0 fully saturated rings. The summed E-state index contributed by atoms with van der Waals surface area (Å²) >= 11 is 3.62. The van der Waals surface area contributed by atoms with Gasteiger partial charge < -0.3 is 5.11 Å². The largest absolute Gasteiger partial charge is 0.478 e. The maximum Gasteiger partial charge on any atom is 0.335 e. The third-order valence-electron chi connectivity index (χ3n) is 5.03. The highest BCUT2D eigenvalue weighted by Crippen LogP contribution is 2.35. The number of nitrogens with one attached hydrogen (secondary N) is 1. The Bertz CT molecular complexity index is 1190. The normalized spacial score (nSPS) is 12.9. The number of rotatable bonds is 5. The van der Waals surface area contributed by atoms with Crippen molar-refractivity contribution in [3.8, 4) is 0 Å². The molecule has 2 heterocycles. The lowest BCUT2D eigenvalue weighted by molar-refractivity contribution is 0.0697. The maximum atomic E-state index is 11.4. The zero-order valence-electron chi connectivity index (χ0n) is 15.9. The second-order valence-electron chi connectivity index (χ2n) is 7.54. The molecule has 2 aromatic heterocycles. The van der Waals surface area contributed by atoms with Gasteiger partial charge in [-0.1, -0.05) is 29.8 Å². The Morgan fingerprint density at radius 2 is 2.07 bits per heavy atom. The van der Waals surface area contributed by atoms with Crippen LogP contribution in [0.3, 0.4) is 0 Å². The van der Waals surface area contributed by atoms with Crippen LogP contribution in [0.4, 0.5) is 0 Å². The van der Waals surface area contributed by atoms with Crippen LogP contribution in [-0.2, 0) is 0 Å². The van der Waals surface area contributed by atoms with Crippen LogP contribution < -0.4 is 0 Å². The molecule has 0 aliphatic heterocycles. The highest BCUT2D eigenvalue weighted by Gasteiger charge is 2.23. The molecule has 2 N–H and O–H groups in total. The molecule has 28 heavy (non-hydrogen) atoms. The lowest BCUT2D eigenvalue weighted by Gasteiger charge is -2.22. The highest BCUT2D eigenvalue weighted by atomic mass is 79.9. The fourth-order valence-electron chi connectivity index (χ4n) is 3.78. The number of aryl methyl sites for hydroxylation is 1. The number of hydrogen-bond donors (Lipinski definition) is 2. The second kappa shape index (κ2) is 7.05. The molecule has 7 heteroatoms. The third-order valence-corrected chi connectivity index (χ3v) is 5.49. The highest BCUT2D eigenvalue weighted by molar-refractivity contribution is 9.10. The number of aromatic carboxylic acids is 1. The first-order chi connectivity index (χ1) is 13.3. The molecule has 0 spiro atoms. The van der Waals surface area contributed by atoms with E-state index in [0.717, 1.165) is 44.0 Å². The van der Waals surface area contributed by atoms with E-state index in [1.54, 1.807) is 12.1 Å². The topological polar surface area (TPSA) is 83.8 Å². The molecule has 1 atom stereocenters. The van der Waals surface area contributed by atoms with Crippen LogP contribution in [0.1, 0.15) is 47.9 Å². The van der Waals surface area contributed by atoms with E-state index in [4.69, 9.17) is 5.10 Å². The Morgan fingerprint density at radius 3 is 2.79 bits per heavy atom. The Morgan fingerprint density at radius 1 is 1.29 bits per heavy atom. The molecule has 0 saturated heterocycles. The summed E-state index contributed by atoms with van der Waals surface area (Å²) < 4.78 is 3.02. The van der Waals surface area contributed by atoms with Gasteiger partial charge in [0.2, 0.25) is 0 Å². The molecule has 4 rings (SSSR count). The molecule has 0 bridgehead atoms. The number of carbonyl (C=O) groups is 1. The van der Waals surface area contributed by atoms with E-state index in [1.165, 1.54) is 0 Å². The zero-order valence-corrected chi connectivity index (χ0v) is 17.5. The van der Waals surface area contributed by atoms with Gasteiger partial charge in [0.25, 0.3) is 0 Å². The smallest absolute Gasteiger partial charge is 0.335 e. The minimum absolute atomic E-state index is 0.00710. The summed E-state index contributed by atoms with van der Waals surface area (Å²) in [6, 6.07) is 9.35. The number of benzene rings is 2. The molecule has 144 valence electrons. The molecule has 0 amide bonds. The van der Waals surface area contributed by atoms with Crippen LogP contribution in [0.5, 0.6) is 0 Å². The van der Waals surface area contributed by atoms with Crippen LogP contribution >= 0.6 is 15.9 Å². The number of fused-ring (bicyclic) bond motifs is 2. The number of aromatic amines is 1. The van der Waals surface area contributed by atoms with Gasteiger partial charge in [-0.05, 0) is 49.6 Å². The van der Waals surface area contributed by atoms with Crippen molar-refractivity contribution in [3.05, 3.63) is 57.8 Å². The molecule has 0 radical (unpaired) electrons. The first-order valence-electron chi connectivity index (χ1n) is 9.20. The first-order valence-corrected chi connectivity index (χ1v) is 9.99. The van der Waals surface area contributed by atoms with Gasteiger partial charge in [0.05, 0.1) is 34.5 Å². The number of nitrogens with zero attached hydrogens (tertiary/aromatic N) is 3. The summed E-state index contributed by atoms with van der Waals surface area (Å²) in [5.41, 5.74) is 4.14. The fourth-order valence-corrected chi connectivity index (χ4v) is 4.27. The molecular formula is C21H21BrN4O2. The number of halogens is 1. The Kier molecular flexibility index (Phi) is 4.71. The average Bonchev–Trinajstić information content (AvgIpc) is 3.23. The van der Waals surface area contributed by atoms with E-state index < -0.39 is 5.97 Å². The molecule has 0 aliphatic rings. The van der Waals surface area contributed by atoms with Crippen molar-refractivity contribution in [3.63, 3.8) is 0 Å². The van der Waals surface area contributed by atoms with Gasteiger partial charge in [-0.2, -0.15) is 10.2 Å². The standard InChI is InChI=1S/C21H21BrN4O2/c1-11(2)6-19(17-9-15(22)7-14-10-23-24-20(14)17)26-18-5-4-13(21(27)28)8-16(18)12(3)25-26/h4-5,7-11,19H,6H2,1-3H3,(H,23,24)(H,27,28). The molecule has 0 saturated carbocycles. The molecule has 0 aliphatic carbocycles. The third kappa shape index (κ3) is 3.20. The monoisotopic (exact) mass is 440 g/mol. The maximum absolute atomic E-state index is 11.4. The average molecular weight is 441 g/mol. The summed E-state index contributed by atoms with van der Waals surface area (Å²) in [6.45, 7) is 6.30. The molecule has 6 nitrogen and oxygen atoms in total. The second-order valence-corrected chi connectivity index (χ2v) is 8.46. The van der Waals surface area contributed by atoms with Gasteiger partial charge in [0.15, 0.2) is 0 Å². The van der Waals surface area contributed by atoms with E-state index in [9.17, 15) is 9.90 Å². The molecular weight excluding hydrogens is 420 g/mol. The number of aromatic nitrogens is 4. The summed E-state index contributed by atoms with van der Waals surface area (Å²) in [5.74, 6) is -0.487. The van der Waals surface area contributed by atoms with Crippen LogP contribution in [-0.4, -0.2) is 31.1 Å². The number of carboxylic acids is 1. The van der Waals surface area contributed by atoms with Crippen molar-refractivity contribution in [2.24, 2.45) is 5.92 Å². The predicted molar refractivity (Wildman–Crippen MR) is 113 cm³/mol. The fraction of sp³-hybridized carbons (Fsp3) is 0.286. The SMILES string of the molecule is Cc1nn(C(CC(C)C)c2cc(Br)cc3cn[nH]c23)c2ccc(C(=O)O)cc12. The predicted octanol–water partition coefficient (Wildman–Crippen LogP) is 5.32. The van der Waals surface area contributed by atoms with Crippen LogP contribution in [0.2, 0.25) is 0 Å². The quantitative estimate of drug-likeness (QED) is 0.439. The van der Waals surface area contributed by atoms with Gasteiger partial charge in [-0.25, -0.2) is 4.79 Å². The molecule has 4 aromatic rings. The Labute approximate surface area is 170 Å². The minimum atomic E-state index is -0.932. The summed E-state index contributed by atoms with van der Waals surface area (Å²) in [6.07, 6.45) is 2.71. The number of hydrogen-bond acceptors (Lipinski definition) is 3. The van der Waals surface area contributed by atoms with Crippen LogP contribution in [0.15, 0.2) is 41.0 Å². The Hall–Kier alpha value is -2.67. The van der Waals surface area contributed by atoms with Gasteiger partial charge in [0.1, 0.15) is 0 Å². The first kappa shape index (κ1) is 18.7. The lowest BCUT2D eigenvalue weighted by Crippen LogP contribution is -2.15. The van der Waals surface area contributed by atoms with Crippen molar-refractivity contribution >= 4 is 43.7 Å². The van der Waals surface area contributed by atoms with Crippen molar-refractivity contribution in [2.75, 3.05) is 0 Å². The van der Waals surface area contributed by atoms with Crippen LogP contribution in [0, 0.1) is 12.8 Å². The molecule has 2 aromatic carbocycles. The summed E-state index contributed by atoms with van der Waals surface area (Å²) in [4.78, 5) is 11.4. The summed E-state index contributed by atoms with van der Waals surface area (Å²) in [5, 5.41) is 23.4. The van der Waals surface area contributed by atoms with E-state index in [1.807, 2.05) is 29.9 Å². The molecule has 1 unspecified atom stereocenters. The minimum Gasteiger partial charge on any atom is -0.478 e. The lowest BCUT2D eigenvalue weighted by atomic mass is 9.95. The van der Waals surface area contributed by atoms with E-state index >= 15 is 0 Å². The van der Waals surface area contributed by atoms with Crippen molar-refractivity contribution in [2.45, 2.75) is 33.2 Å². The van der Waals surface area contributed by atoms with Crippen molar-refractivity contribution < 1.29 is 9.90 Å². The van der Waals surface area contributed by atoms with Gasteiger partial charge >= 0.3 is 5.97 Å².